The minimum absolute atomic E-state index is 0.0725. The summed E-state index contributed by atoms with van der Waals surface area (Å²) in [6.07, 6.45) is 20.2. The van der Waals surface area contributed by atoms with Gasteiger partial charge in [-0.2, -0.15) is 0 Å². The van der Waals surface area contributed by atoms with Crippen molar-refractivity contribution in [1.82, 2.24) is 29.9 Å². The maximum Gasteiger partial charge on any atom is 0.349 e. The van der Waals surface area contributed by atoms with Gasteiger partial charge in [-0.25, -0.2) is 0 Å². The molecule has 54 heavy (non-hydrogen) atoms. The van der Waals surface area contributed by atoms with Crippen LogP contribution in [0.3, 0.4) is 0 Å². The molecule has 276 valence electrons. The second-order valence-corrected chi connectivity index (χ2v) is 18.2. The zero-order valence-electron chi connectivity index (χ0n) is 28.9. The number of aromatic nitrogens is 6. The number of nitrogens with zero attached hydrogens (tertiary/aromatic N) is 9. The average Bonchev–Trinajstić information content (AvgIpc) is 3.25. The zero-order valence-corrected chi connectivity index (χ0v) is 31.6. The normalized spacial score (nSPS) is 15.3. The molecule has 1 aliphatic heterocycles. The van der Waals surface area contributed by atoms with E-state index in [-0.39, 0.29) is 39.6 Å². The summed E-state index contributed by atoms with van der Waals surface area (Å²) >= 11 is 0. The highest BCUT2D eigenvalue weighted by atomic mass is 31.3. The van der Waals surface area contributed by atoms with Gasteiger partial charge < -0.3 is 27.1 Å². The van der Waals surface area contributed by atoms with Crippen LogP contribution in [0.25, 0.3) is 0 Å². The molecule has 0 spiro atoms. The second-order valence-electron chi connectivity index (χ2n) is 11.5. The van der Waals surface area contributed by atoms with E-state index < -0.39 is 23.0 Å². The summed E-state index contributed by atoms with van der Waals surface area (Å²) in [5.41, 5.74) is 4.94. The summed E-state index contributed by atoms with van der Waals surface area (Å²) in [7, 11) is -11.4. The molecule has 0 unspecified atom stereocenters. The molecular formula is C36H36N9O6P3. The Kier molecular flexibility index (Phi) is 13.0. The first-order valence-corrected chi connectivity index (χ1v) is 21.3. The monoisotopic (exact) mass is 783 g/mol. The zero-order chi connectivity index (χ0) is 36.8. The first-order chi connectivity index (χ1) is 26.6. The Labute approximate surface area is 313 Å². The Morgan fingerprint density at radius 2 is 0.407 bits per heavy atom. The van der Waals surface area contributed by atoms with Crippen molar-refractivity contribution in [3.8, 4) is 0 Å². The van der Waals surface area contributed by atoms with Gasteiger partial charge in [-0.3, -0.25) is 29.9 Å². The summed E-state index contributed by atoms with van der Waals surface area (Å²) in [6.45, 7) is 0.435. The number of pyridine rings is 6. The van der Waals surface area contributed by atoms with Crippen molar-refractivity contribution >= 4 is 23.0 Å². The van der Waals surface area contributed by atoms with Crippen LogP contribution in [-0.2, 0) is 66.8 Å². The highest BCUT2D eigenvalue weighted by Crippen LogP contribution is 2.81. The minimum Gasteiger partial charge on any atom is -0.301 e. The molecule has 7 heterocycles. The van der Waals surface area contributed by atoms with E-state index in [2.05, 4.69) is 29.9 Å². The van der Waals surface area contributed by atoms with Crippen LogP contribution in [0, 0.1) is 0 Å². The first kappa shape index (κ1) is 37.7. The lowest BCUT2D eigenvalue weighted by Crippen LogP contribution is -2.06. The Balaban J connectivity index is 1.41. The number of rotatable bonds is 18. The number of hydrogen-bond donors (Lipinski definition) is 0. The van der Waals surface area contributed by atoms with Gasteiger partial charge in [-0.05, 0) is 106 Å². The van der Waals surface area contributed by atoms with E-state index >= 15 is 0 Å². The molecule has 1 aliphatic rings. The van der Waals surface area contributed by atoms with Crippen LogP contribution in [0.4, 0.5) is 0 Å². The third kappa shape index (κ3) is 10.7. The highest BCUT2D eigenvalue weighted by Gasteiger charge is 2.43. The molecule has 15 nitrogen and oxygen atoms in total. The molecule has 0 aliphatic carbocycles. The van der Waals surface area contributed by atoms with Crippen LogP contribution >= 0.6 is 23.0 Å². The molecule has 7 rings (SSSR count). The van der Waals surface area contributed by atoms with E-state index in [0.717, 1.165) is 33.4 Å². The summed E-state index contributed by atoms with van der Waals surface area (Å²) < 4.78 is 56.1. The summed E-state index contributed by atoms with van der Waals surface area (Å²) in [4.78, 5) is 25.0. The van der Waals surface area contributed by atoms with Crippen LogP contribution in [0.15, 0.2) is 161 Å². The summed E-state index contributed by atoms with van der Waals surface area (Å²) in [6, 6.07) is 22.1. The molecule has 0 amide bonds. The molecule has 0 N–H and O–H groups in total. The Morgan fingerprint density at radius 1 is 0.259 bits per heavy atom. The van der Waals surface area contributed by atoms with Crippen molar-refractivity contribution in [3.05, 3.63) is 181 Å². The van der Waals surface area contributed by atoms with Crippen molar-refractivity contribution in [2.75, 3.05) is 0 Å². The van der Waals surface area contributed by atoms with Gasteiger partial charge in [0.2, 0.25) is 0 Å². The van der Waals surface area contributed by atoms with Gasteiger partial charge in [0.25, 0.3) is 0 Å². The van der Waals surface area contributed by atoms with E-state index in [1.165, 1.54) is 0 Å². The molecular weight excluding hydrogens is 747 g/mol. The molecule has 0 saturated carbocycles. The molecule has 6 aromatic rings. The average molecular weight is 784 g/mol. The quantitative estimate of drug-likeness (QED) is 0.0758. The van der Waals surface area contributed by atoms with Crippen LogP contribution in [0.2, 0.25) is 0 Å². The van der Waals surface area contributed by atoms with Crippen LogP contribution in [-0.4, -0.2) is 29.9 Å². The molecule has 18 heteroatoms. The fourth-order valence-electron chi connectivity index (χ4n) is 4.73. The first-order valence-electron chi connectivity index (χ1n) is 16.7. The highest BCUT2D eigenvalue weighted by molar-refractivity contribution is 7.78. The topological polar surface area (TPSA) is 170 Å². The lowest BCUT2D eigenvalue weighted by atomic mass is 10.3. The predicted molar refractivity (Wildman–Crippen MR) is 202 cm³/mol. The van der Waals surface area contributed by atoms with Gasteiger partial charge >= 0.3 is 23.0 Å². The van der Waals surface area contributed by atoms with E-state index in [4.69, 9.17) is 40.7 Å². The second kappa shape index (κ2) is 18.6. The lowest BCUT2D eigenvalue weighted by Gasteiger charge is -2.33. The standard InChI is InChI=1S/C36H36N9O6P3/c1-13-37-14-2-31(1)25-46-52(47-26-32-3-15-38-16-4-32)43-53(48-27-33-5-17-39-18-6-33,49-28-34-7-19-40-20-8-34)45-54(44-52,50-29-35-9-21-41-22-10-35)51-30-36-11-23-42-24-12-36/h1-24H,25-30H2. The molecule has 0 saturated heterocycles. The maximum atomic E-state index is 6.74. The van der Waals surface area contributed by atoms with Crippen molar-refractivity contribution < 1.29 is 27.1 Å². The fourth-order valence-corrected chi connectivity index (χ4v) is 14.2. The van der Waals surface area contributed by atoms with Crippen molar-refractivity contribution in [2.24, 2.45) is 13.5 Å². The fraction of sp³-hybridized carbons (Fsp3) is 0.167. The van der Waals surface area contributed by atoms with Crippen LogP contribution in [0.1, 0.15) is 33.4 Å². The van der Waals surface area contributed by atoms with Crippen molar-refractivity contribution in [1.29, 1.82) is 0 Å². The summed E-state index contributed by atoms with van der Waals surface area (Å²) in [5, 5.41) is 0. The van der Waals surface area contributed by atoms with Gasteiger partial charge in [0.1, 0.15) is 0 Å². The third-order valence-corrected chi connectivity index (χ3v) is 15.8. The van der Waals surface area contributed by atoms with E-state index in [1.807, 2.05) is 72.8 Å². The number of hydrogen-bond acceptors (Lipinski definition) is 15. The Morgan fingerprint density at radius 3 is 0.556 bits per heavy atom. The Hall–Kier alpha value is -4.65. The van der Waals surface area contributed by atoms with Gasteiger partial charge in [0.15, 0.2) is 0 Å². The smallest absolute Gasteiger partial charge is 0.301 e. The SMILES string of the molecule is c1cc(COP2(OCc3ccncc3)=NP(OCc3ccncc3)(OCc3ccncc3)=NP(OCc3ccncc3)(OCc3ccncc3)=N2)ccn1. The summed E-state index contributed by atoms with van der Waals surface area (Å²) in [5.74, 6) is 0. The van der Waals surface area contributed by atoms with Crippen molar-refractivity contribution in [3.63, 3.8) is 0 Å². The predicted octanol–water partition coefficient (Wildman–Crippen LogP) is 9.51. The van der Waals surface area contributed by atoms with E-state index in [0.29, 0.717) is 0 Å². The van der Waals surface area contributed by atoms with E-state index in [1.54, 1.807) is 74.4 Å². The van der Waals surface area contributed by atoms with Gasteiger partial charge in [0.05, 0.1) is 39.6 Å². The van der Waals surface area contributed by atoms with E-state index in [9.17, 15) is 0 Å². The molecule has 0 bridgehead atoms. The molecule has 0 fully saturated rings. The lowest BCUT2D eigenvalue weighted by molar-refractivity contribution is 0.201. The van der Waals surface area contributed by atoms with Crippen molar-refractivity contribution in [2.45, 2.75) is 39.6 Å². The minimum atomic E-state index is -3.78. The van der Waals surface area contributed by atoms with Crippen LogP contribution in [0.5, 0.6) is 0 Å². The Bertz CT molecular complexity index is 1820. The van der Waals surface area contributed by atoms with Crippen LogP contribution < -0.4 is 0 Å². The van der Waals surface area contributed by atoms with Gasteiger partial charge in [0, 0.05) is 74.4 Å². The maximum absolute atomic E-state index is 6.74. The molecule has 6 aromatic heterocycles. The molecule has 0 aromatic carbocycles. The van der Waals surface area contributed by atoms with Gasteiger partial charge in [-0.1, -0.05) is 0 Å². The molecule has 0 atom stereocenters. The molecule has 0 radical (unpaired) electrons. The largest absolute Gasteiger partial charge is 0.349 e. The third-order valence-electron chi connectivity index (χ3n) is 7.57. The van der Waals surface area contributed by atoms with Gasteiger partial charge in [-0.15, -0.1) is 13.5 Å².